The van der Waals surface area contributed by atoms with Crippen LogP contribution in [0.3, 0.4) is 0 Å². The van der Waals surface area contributed by atoms with Crippen molar-refractivity contribution >= 4 is 0 Å². The van der Waals surface area contributed by atoms with Crippen molar-refractivity contribution < 1.29 is 9.84 Å². The van der Waals surface area contributed by atoms with Gasteiger partial charge in [-0.1, -0.05) is 24.3 Å². The number of hydrogen-bond acceptors (Lipinski definition) is 4. The van der Waals surface area contributed by atoms with Gasteiger partial charge >= 0.3 is 0 Å². The summed E-state index contributed by atoms with van der Waals surface area (Å²) >= 11 is 0. The monoisotopic (exact) mass is 276 g/mol. The second-order valence-corrected chi connectivity index (χ2v) is 5.78. The zero-order valence-corrected chi connectivity index (χ0v) is 12.0. The van der Waals surface area contributed by atoms with Gasteiger partial charge < -0.3 is 15.2 Å². The Kier molecular flexibility index (Phi) is 4.36. The minimum atomic E-state index is -0.233. The van der Waals surface area contributed by atoms with E-state index in [2.05, 4.69) is 34.5 Å². The van der Waals surface area contributed by atoms with Crippen LogP contribution in [0.4, 0.5) is 0 Å². The molecule has 0 aromatic heterocycles. The van der Waals surface area contributed by atoms with Gasteiger partial charge in [-0.05, 0) is 24.0 Å². The molecular weight excluding hydrogens is 252 g/mol. The molecule has 0 saturated carbocycles. The molecule has 20 heavy (non-hydrogen) atoms. The minimum Gasteiger partial charge on any atom is -0.394 e. The first kappa shape index (κ1) is 14.0. The topological polar surface area (TPSA) is 44.7 Å². The second kappa shape index (κ2) is 6.22. The van der Waals surface area contributed by atoms with Crippen LogP contribution in [-0.4, -0.2) is 56.0 Å². The molecule has 4 heteroatoms. The number of rotatable bonds is 5. The summed E-state index contributed by atoms with van der Waals surface area (Å²) in [6.45, 7) is 5.83. The van der Waals surface area contributed by atoms with Gasteiger partial charge in [0.1, 0.15) is 0 Å². The van der Waals surface area contributed by atoms with Gasteiger partial charge in [-0.3, -0.25) is 4.90 Å². The highest BCUT2D eigenvalue weighted by molar-refractivity contribution is 5.38. The maximum atomic E-state index is 9.90. The molecule has 1 heterocycles. The second-order valence-electron chi connectivity index (χ2n) is 5.78. The predicted molar refractivity (Wildman–Crippen MR) is 78.8 cm³/mol. The van der Waals surface area contributed by atoms with Crippen molar-refractivity contribution in [3.05, 3.63) is 35.4 Å². The van der Waals surface area contributed by atoms with Crippen molar-refractivity contribution in [3.8, 4) is 0 Å². The number of nitrogens with zero attached hydrogens (tertiary/aromatic N) is 1. The zero-order valence-electron chi connectivity index (χ0n) is 12.0. The highest BCUT2D eigenvalue weighted by Gasteiger charge is 2.37. The summed E-state index contributed by atoms with van der Waals surface area (Å²) in [4.78, 5) is 2.42. The number of hydrogen-bond donors (Lipinski definition) is 2. The summed E-state index contributed by atoms with van der Waals surface area (Å²) in [5.74, 6) is 0. The Morgan fingerprint density at radius 2 is 2.05 bits per heavy atom. The Morgan fingerprint density at radius 1 is 1.25 bits per heavy atom. The van der Waals surface area contributed by atoms with Crippen LogP contribution in [0, 0.1) is 0 Å². The zero-order chi connectivity index (χ0) is 13.8. The normalized spacial score (nSPS) is 26.6. The summed E-state index contributed by atoms with van der Waals surface area (Å²) in [6, 6.07) is 8.48. The number of aliphatic hydroxyl groups excluding tert-OH is 1. The number of morpholine rings is 1. The van der Waals surface area contributed by atoms with E-state index >= 15 is 0 Å². The molecule has 1 saturated heterocycles. The van der Waals surface area contributed by atoms with E-state index in [-0.39, 0.29) is 12.1 Å². The number of aryl methyl sites for hydroxylation is 1. The molecule has 0 bridgehead atoms. The molecule has 2 aliphatic rings. The van der Waals surface area contributed by atoms with Crippen LogP contribution in [0.2, 0.25) is 0 Å². The van der Waals surface area contributed by atoms with E-state index < -0.39 is 0 Å². The highest BCUT2D eigenvalue weighted by atomic mass is 16.5. The summed E-state index contributed by atoms with van der Waals surface area (Å²) in [5.41, 5.74) is 2.42. The molecule has 0 spiro atoms. The van der Waals surface area contributed by atoms with Crippen LogP contribution >= 0.6 is 0 Å². The molecule has 0 amide bonds. The van der Waals surface area contributed by atoms with Crippen LogP contribution in [-0.2, 0) is 16.7 Å². The third kappa shape index (κ3) is 2.74. The molecule has 110 valence electrons. The average Bonchev–Trinajstić information content (AvgIpc) is 2.88. The van der Waals surface area contributed by atoms with Crippen LogP contribution in [0.25, 0.3) is 0 Å². The summed E-state index contributed by atoms with van der Waals surface area (Å²) in [6.07, 6.45) is 2.05. The molecule has 2 N–H and O–H groups in total. The lowest BCUT2D eigenvalue weighted by molar-refractivity contribution is 0.0364. The smallest absolute Gasteiger partial charge is 0.0675 e. The fraction of sp³-hybridized carbons (Fsp3) is 0.625. The van der Waals surface area contributed by atoms with E-state index in [4.69, 9.17) is 4.74 Å². The van der Waals surface area contributed by atoms with Crippen LogP contribution in [0.15, 0.2) is 24.3 Å². The molecule has 1 aliphatic heterocycles. The van der Waals surface area contributed by atoms with E-state index in [0.29, 0.717) is 0 Å². The fourth-order valence-electron chi connectivity index (χ4n) is 3.37. The lowest BCUT2D eigenvalue weighted by Crippen LogP contribution is -2.48. The van der Waals surface area contributed by atoms with E-state index in [1.807, 2.05) is 0 Å². The van der Waals surface area contributed by atoms with E-state index in [1.54, 1.807) is 0 Å². The fourth-order valence-corrected chi connectivity index (χ4v) is 3.37. The molecule has 1 unspecified atom stereocenters. The van der Waals surface area contributed by atoms with Crippen molar-refractivity contribution in [2.45, 2.75) is 18.4 Å². The molecule has 1 aliphatic carbocycles. The summed E-state index contributed by atoms with van der Waals surface area (Å²) in [7, 11) is 0. The van der Waals surface area contributed by atoms with Crippen molar-refractivity contribution in [2.75, 3.05) is 46.0 Å². The molecule has 1 atom stereocenters. The highest BCUT2D eigenvalue weighted by Crippen LogP contribution is 2.36. The molecular formula is C16H24N2O2. The third-order valence-corrected chi connectivity index (χ3v) is 4.62. The van der Waals surface area contributed by atoms with E-state index in [9.17, 15) is 5.11 Å². The molecule has 3 rings (SSSR count). The lowest BCUT2D eigenvalue weighted by atomic mass is 9.92. The Balaban J connectivity index is 1.60. The lowest BCUT2D eigenvalue weighted by Gasteiger charge is -2.32. The van der Waals surface area contributed by atoms with Crippen molar-refractivity contribution in [2.24, 2.45) is 0 Å². The van der Waals surface area contributed by atoms with Crippen molar-refractivity contribution in [3.63, 3.8) is 0 Å². The number of benzene rings is 1. The first-order valence-electron chi connectivity index (χ1n) is 7.58. The first-order valence-corrected chi connectivity index (χ1v) is 7.58. The van der Waals surface area contributed by atoms with Gasteiger partial charge in [0.25, 0.3) is 0 Å². The maximum absolute atomic E-state index is 9.90. The molecule has 1 fully saturated rings. The van der Waals surface area contributed by atoms with E-state index in [0.717, 1.165) is 52.2 Å². The first-order chi connectivity index (χ1) is 9.84. The Labute approximate surface area is 120 Å². The maximum Gasteiger partial charge on any atom is 0.0675 e. The van der Waals surface area contributed by atoms with Crippen molar-refractivity contribution in [1.82, 2.24) is 10.2 Å². The molecule has 0 radical (unpaired) electrons. The van der Waals surface area contributed by atoms with Gasteiger partial charge in [-0.25, -0.2) is 0 Å². The van der Waals surface area contributed by atoms with Gasteiger partial charge in [0.05, 0.1) is 25.4 Å². The van der Waals surface area contributed by atoms with Gasteiger partial charge in [-0.2, -0.15) is 0 Å². The third-order valence-electron chi connectivity index (χ3n) is 4.62. The Bertz CT molecular complexity index is 446. The van der Waals surface area contributed by atoms with Gasteiger partial charge in [0.15, 0.2) is 0 Å². The van der Waals surface area contributed by atoms with Gasteiger partial charge in [0.2, 0.25) is 0 Å². The molecule has 4 nitrogen and oxygen atoms in total. The Hall–Kier alpha value is -0.940. The summed E-state index contributed by atoms with van der Waals surface area (Å²) in [5, 5.41) is 13.5. The van der Waals surface area contributed by atoms with Crippen LogP contribution < -0.4 is 5.32 Å². The minimum absolute atomic E-state index is 0.174. The van der Waals surface area contributed by atoms with Crippen LogP contribution in [0.5, 0.6) is 0 Å². The average molecular weight is 276 g/mol. The largest absolute Gasteiger partial charge is 0.394 e. The van der Waals surface area contributed by atoms with Gasteiger partial charge in [0, 0.05) is 26.2 Å². The van der Waals surface area contributed by atoms with Crippen LogP contribution in [0.1, 0.15) is 17.5 Å². The molecule has 1 aromatic rings. The number of aliphatic hydroxyl groups is 1. The standard InChI is InChI=1S/C16H24N2O2/c19-13-16(6-5-14-3-1-2-4-15(14)16)17-7-8-18-9-11-20-12-10-18/h1-4,17,19H,5-13H2. The van der Waals surface area contributed by atoms with E-state index in [1.165, 1.54) is 11.1 Å². The Morgan fingerprint density at radius 3 is 2.85 bits per heavy atom. The van der Waals surface area contributed by atoms with Crippen molar-refractivity contribution in [1.29, 1.82) is 0 Å². The molecule has 1 aromatic carbocycles. The number of ether oxygens (including phenoxy) is 1. The number of nitrogens with one attached hydrogen (secondary N) is 1. The SMILES string of the molecule is OCC1(NCCN2CCOCC2)CCc2ccccc21. The quantitative estimate of drug-likeness (QED) is 0.833. The predicted octanol–water partition coefficient (Wildman–Crippen LogP) is 0.742. The van der Waals surface area contributed by atoms with Gasteiger partial charge in [-0.15, -0.1) is 0 Å². The summed E-state index contributed by atoms with van der Waals surface area (Å²) < 4.78 is 5.36. The number of fused-ring (bicyclic) bond motifs is 1.